The highest BCUT2D eigenvalue weighted by molar-refractivity contribution is 5.56. The van der Waals surface area contributed by atoms with E-state index >= 15 is 0 Å². The van der Waals surface area contributed by atoms with Crippen LogP contribution in [0.2, 0.25) is 0 Å². The van der Waals surface area contributed by atoms with E-state index in [2.05, 4.69) is 4.99 Å². The van der Waals surface area contributed by atoms with Gasteiger partial charge in [0.05, 0.1) is 7.11 Å². The van der Waals surface area contributed by atoms with Crippen molar-refractivity contribution in [1.82, 2.24) is 0 Å². The van der Waals surface area contributed by atoms with Crippen LogP contribution in [-0.2, 0) is 10.3 Å². The number of methoxy groups -OCH3 is 1. The van der Waals surface area contributed by atoms with Gasteiger partial charge in [0.15, 0.2) is 11.5 Å². The topological polar surface area (TPSA) is 57.1 Å². The average molecular weight is 275 g/mol. The van der Waals surface area contributed by atoms with Gasteiger partial charge in [-0.1, -0.05) is 12.8 Å². The fourth-order valence-electron chi connectivity index (χ4n) is 3.08. The van der Waals surface area contributed by atoms with Gasteiger partial charge in [-0.15, -0.1) is 0 Å². The molecular weight excluding hydrogens is 258 g/mol. The van der Waals surface area contributed by atoms with Crippen LogP contribution in [0, 0.1) is 0 Å². The van der Waals surface area contributed by atoms with E-state index in [0.29, 0.717) is 30.5 Å². The molecule has 0 unspecified atom stereocenters. The highest BCUT2D eigenvalue weighted by Crippen LogP contribution is 2.50. The van der Waals surface area contributed by atoms with Crippen molar-refractivity contribution in [2.45, 2.75) is 31.2 Å². The number of rotatable bonds is 3. The second-order valence-corrected chi connectivity index (χ2v) is 5.14. The number of aliphatic imine (C=N–C) groups is 1. The van der Waals surface area contributed by atoms with Gasteiger partial charge in [0.1, 0.15) is 24.5 Å². The van der Waals surface area contributed by atoms with Gasteiger partial charge >= 0.3 is 0 Å². The lowest BCUT2D eigenvalue weighted by molar-refractivity contribution is 0.166. The Kier molecular flexibility index (Phi) is 3.36. The SMILES string of the molecule is COc1cc2c(c(C3(N=C=O)CCCC3)c1)OCCO2. The molecule has 0 saturated heterocycles. The Hall–Kier alpha value is -2.00. The number of hydrogen-bond acceptors (Lipinski definition) is 5. The lowest BCUT2D eigenvalue weighted by Crippen LogP contribution is -2.24. The largest absolute Gasteiger partial charge is 0.497 e. The summed E-state index contributed by atoms with van der Waals surface area (Å²) in [4.78, 5) is 15.0. The minimum Gasteiger partial charge on any atom is -0.497 e. The zero-order chi connectivity index (χ0) is 14.0. The van der Waals surface area contributed by atoms with Gasteiger partial charge in [-0.05, 0) is 18.9 Å². The maximum absolute atomic E-state index is 10.9. The van der Waals surface area contributed by atoms with Crippen molar-refractivity contribution in [1.29, 1.82) is 0 Å². The van der Waals surface area contributed by atoms with E-state index in [0.717, 1.165) is 31.2 Å². The summed E-state index contributed by atoms with van der Waals surface area (Å²) in [6.07, 6.45) is 5.46. The van der Waals surface area contributed by atoms with Crippen LogP contribution in [0.5, 0.6) is 17.2 Å². The van der Waals surface area contributed by atoms with Crippen LogP contribution in [-0.4, -0.2) is 26.4 Å². The summed E-state index contributed by atoms with van der Waals surface area (Å²) in [5.74, 6) is 2.05. The first-order valence-corrected chi connectivity index (χ1v) is 6.86. The second-order valence-electron chi connectivity index (χ2n) is 5.14. The molecule has 1 aromatic carbocycles. The quantitative estimate of drug-likeness (QED) is 0.628. The lowest BCUT2D eigenvalue weighted by Gasteiger charge is -2.29. The smallest absolute Gasteiger partial charge is 0.235 e. The third-order valence-corrected chi connectivity index (χ3v) is 4.04. The molecular formula is C15H17NO4. The zero-order valence-corrected chi connectivity index (χ0v) is 11.5. The van der Waals surface area contributed by atoms with Gasteiger partial charge < -0.3 is 14.2 Å². The van der Waals surface area contributed by atoms with Crippen LogP contribution < -0.4 is 14.2 Å². The Morgan fingerprint density at radius 3 is 2.70 bits per heavy atom. The number of isocyanates is 1. The molecule has 0 atom stereocenters. The highest BCUT2D eigenvalue weighted by atomic mass is 16.6. The normalized spacial score (nSPS) is 19.2. The Morgan fingerprint density at radius 2 is 2.00 bits per heavy atom. The fourth-order valence-corrected chi connectivity index (χ4v) is 3.08. The molecule has 1 fully saturated rings. The number of nitrogens with zero attached hydrogens (tertiary/aromatic N) is 1. The van der Waals surface area contributed by atoms with Crippen molar-refractivity contribution in [2.24, 2.45) is 4.99 Å². The summed E-state index contributed by atoms with van der Waals surface area (Å²) >= 11 is 0. The van der Waals surface area contributed by atoms with Gasteiger partial charge in [-0.25, -0.2) is 4.79 Å². The van der Waals surface area contributed by atoms with Crippen molar-refractivity contribution in [3.63, 3.8) is 0 Å². The summed E-state index contributed by atoms with van der Waals surface area (Å²) in [5, 5.41) is 0. The minimum atomic E-state index is -0.541. The molecule has 106 valence electrons. The van der Waals surface area contributed by atoms with Crippen molar-refractivity contribution >= 4 is 6.08 Å². The number of ether oxygens (including phenoxy) is 3. The van der Waals surface area contributed by atoms with Crippen LogP contribution in [0.4, 0.5) is 0 Å². The van der Waals surface area contributed by atoms with E-state index in [4.69, 9.17) is 14.2 Å². The predicted octanol–water partition coefficient (Wildman–Crippen LogP) is 2.57. The molecule has 1 aliphatic carbocycles. The van der Waals surface area contributed by atoms with E-state index in [1.165, 1.54) is 0 Å². The molecule has 0 bridgehead atoms. The van der Waals surface area contributed by atoms with Gasteiger partial charge in [0, 0.05) is 11.6 Å². The molecule has 5 heteroatoms. The van der Waals surface area contributed by atoms with Crippen LogP contribution in [0.1, 0.15) is 31.2 Å². The van der Waals surface area contributed by atoms with Crippen molar-refractivity contribution < 1.29 is 19.0 Å². The maximum atomic E-state index is 10.9. The molecule has 0 amide bonds. The first kappa shape index (κ1) is 13.0. The molecule has 3 rings (SSSR count). The van der Waals surface area contributed by atoms with Gasteiger partial charge in [0.2, 0.25) is 6.08 Å². The summed E-state index contributed by atoms with van der Waals surface area (Å²) < 4.78 is 16.7. The van der Waals surface area contributed by atoms with Crippen LogP contribution >= 0.6 is 0 Å². The highest BCUT2D eigenvalue weighted by Gasteiger charge is 2.40. The first-order valence-electron chi connectivity index (χ1n) is 6.86. The molecule has 1 heterocycles. The lowest BCUT2D eigenvalue weighted by atomic mass is 9.87. The van der Waals surface area contributed by atoms with Crippen LogP contribution in [0.15, 0.2) is 17.1 Å². The van der Waals surface area contributed by atoms with Gasteiger partial charge in [-0.2, -0.15) is 4.99 Å². The molecule has 0 radical (unpaired) electrons. The van der Waals surface area contributed by atoms with Crippen molar-refractivity contribution in [2.75, 3.05) is 20.3 Å². The monoisotopic (exact) mass is 275 g/mol. The Bertz CT molecular complexity index is 557. The van der Waals surface area contributed by atoms with Gasteiger partial charge in [0.25, 0.3) is 0 Å². The van der Waals surface area contributed by atoms with Crippen LogP contribution in [0.3, 0.4) is 0 Å². The average Bonchev–Trinajstić information content (AvgIpc) is 2.96. The Labute approximate surface area is 117 Å². The molecule has 1 aromatic rings. The summed E-state index contributed by atoms with van der Waals surface area (Å²) in [5.41, 5.74) is 0.341. The van der Waals surface area contributed by atoms with Crippen molar-refractivity contribution in [3.05, 3.63) is 17.7 Å². The number of hydrogen-bond donors (Lipinski definition) is 0. The third kappa shape index (κ3) is 2.04. The van der Waals surface area contributed by atoms with Crippen molar-refractivity contribution in [3.8, 4) is 17.2 Å². The molecule has 0 N–H and O–H groups in total. The van der Waals surface area contributed by atoms with E-state index in [-0.39, 0.29) is 0 Å². The number of carbonyl (C=O) groups excluding carboxylic acids is 1. The zero-order valence-electron chi connectivity index (χ0n) is 11.5. The van der Waals surface area contributed by atoms with E-state index in [9.17, 15) is 4.79 Å². The molecule has 0 aromatic heterocycles. The molecule has 1 aliphatic heterocycles. The Morgan fingerprint density at radius 1 is 1.25 bits per heavy atom. The maximum Gasteiger partial charge on any atom is 0.235 e. The summed E-state index contributed by atoms with van der Waals surface area (Å²) in [6, 6.07) is 3.71. The third-order valence-electron chi connectivity index (χ3n) is 4.04. The molecule has 1 saturated carbocycles. The van der Waals surface area contributed by atoms with E-state index < -0.39 is 5.54 Å². The van der Waals surface area contributed by atoms with E-state index in [1.807, 2.05) is 12.1 Å². The number of fused-ring (bicyclic) bond motifs is 1. The number of benzene rings is 1. The first-order chi connectivity index (χ1) is 9.79. The Balaban J connectivity index is 2.17. The molecule has 2 aliphatic rings. The molecule has 0 spiro atoms. The summed E-state index contributed by atoms with van der Waals surface area (Å²) in [7, 11) is 1.61. The second kappa shape index (κ2) is 5.17. The molecule has 5 nitrogen and oxygen atoms in total. The fraction of sp³-hybridized carbons (Fsp3) is 0.533. The summed E-state index contributed by atoms with van der Waals surface area (Å²) in [6.45, 7) is 1.02. The van der Waals surface area contributed by atoms with E-state index in [1.54, 1.807) is 13.2 Å². The standard InChI is InChI=1S/C15H17NO4/c1-18-11-8-12(14-13(9-11)19-6-7-20-14)15(16-10-17)4-2-3-5-15/h8-9H,2-7H2,1H3. The van der Waals surface area contributed by atoms with Gasteiger partial charge in [-0.3, -0.25) is 0 Å². The van der Waals surface area contributed by atoms with Crippen LogP contribution in [0.25, 0.3) is 0 Å². The molecule has 20 heavy (non-hydrogen) atoms. The predicted molar refractivity (Wildman–Crippen MR) is 72.3 cm³/mol. The minimum absolute atomic E-state index is 0.507.